The lowest BCUT2D eigenvalue weighted by Gasteiger charge is -2.24. The molecule has 0 spiro atoms. The smallest absolute Gasteiger partial charge is 0.150 e. The molecule has 2 rings (SSSR count). The van der Waals surface area contributed by atoms with Gasteiger partial charge in [0.05, 0.1) is 6.07 Å². The number of benzene rings is 1. The first kappa shape index (κ1) is 15.0. The normalized spacial score (nSPS) is 11.1. The number of halogens is 1. The summed E-state index contributed by atoms with van der Waals surface area (Å²) in [5, 5.41) is 15.8. The van der Waals surface area contributed by atoms with Crippen LogP contribution in [-0.4, -0.2) is 21.3 Å². The minimum Gasteiger partial charge on any atom is -0.384 e. The van der Waals surface area contributed by atoms with Crippen molar-refractivity contribution in [3.05, 3.63) is 36.7 Å². The Balaban J connectivity index is 2.03. The summed E-state index contributed by atoms with van der Waals surface area (Å²) in [6, 6.07) is 7.06. The van der Waals surface area contributed by atoms with Gasteiger partial charge in [0.15, 0.2) is 5.82 Å². The first-order chi connectivity index (χ1) is 10.0. The van der Waals surface area contributed by atoms with E-state index in [2.05, 4.69) is 35.3 Å². The third kappa shape index (κ3) is 4.02. The average Bonchev–Trinajstić information content (AvgIpc) is 2.97. The van der Waals surface area contributed by atoms with E-state index in [1.54, 1.807) is 12.1 Å². The summed E-state index contributed by atoms with van der Waals surface area (Å²) in [6.07, 6.45) is 4.14. The zero-order valence-electron chi connectivity index (χ0n) is 12.2. The van der Waals surface area contributed by atoms with Crippen LogP contribution in [0.1, 0.15) is 26.7 Å². The van der Waals surface area contributed by atoms with Crippen LogP contribution in [0.5, 0.6) is 0 Å². The van der Waals surface area contributed by atoms with Crippen molar-refractivity contribution in [3.8, 4) is 11.8 Å². The molecule has 0 saturated carbocycles. The van der Waals surface area contributed by atoms with Gasteiger partial charge in [-0.2, -0.15) is 10.4 Å². The van der Waals surface area contributed by atoms with Crippen molar-refractivity contribution in [2.75, 3.05) is 11.9 Å². The molecule has 0 aliphatic heterocycles. The van der Waals surface area contributed by atoms with Crippen molar-refractivity contribution in [1.29, 1.82) is 5.26 Å². The van der Waals surface area contributed by atoms with E-state index in [4.69, 9.17) is 5.26 Å². The van der Waals surface area contributed by atoms with Gasteiger partial charge in [-0.05, 0) is 30.0 Å². The Morgan fingerprint density at radius 2 is 2.24 bits per heavy atom. The lowest BCUT2D eigenvalue weighted by atomic mass is 9.88. The highest BCUT2D eigenvalue weighted by atomic mass is 19.1. The SMILES string of the molecule is CC(C)(CCC#N)CNc1ccc(-n2cncn2)c(F)c1. The van der Waals surface area contributed by atoms with Gasteiger partial charge in [0, 0.05) is 18.7 Å². The highest BCUT2D eigenvalue weighted by molar-refractivity contribution is 5.49. The molecule has 0 bridgehead atoms. The molecule has 5 nitrogen and oxygen atoms in total. The zero-order chi connectivity index (χ0) is 15.3. The number of nitrogens with one attached hydrogen (secondary N) is 1. The maximum atomic E-state index is 14.1. The molecule has 0 aliphatic carbocycles. The number of anilines is 1. The summed E-state index contributed by atoms with van der Waals surface area (Å²) in [7, 11) is 0. The van der Waals surface area contributed by atoms with Gasteiger partial charge in [-0.1, -0.05) is 13.8 Å². The topological polar surface area (TPSA) is 66.5 Å². The molecule has 1 aromatic carbocycles. The molecule has 1 heterocycles. The molecule has 0 radical (unpaired) electrons. The van der Waals surface area contributed by atoms with Crippen LogP contribution >= 0.6 is 0 Å². The molecule has 0 saturated heterocycles. The Kier molecular flexibility index (Phi) is 4.53. The predicted octanol–water partition coefficient (Wildman–Crippen LogP) is 3.15. The van der Waals surface area contributed by atoms with Crippen LogP contribution in [0, 0.1) is 22.6 Å². The molecule has 0 aliphatic rings. The van der Waals surface area contributed by atoms with E-state index in [1.807, 2.05) is 0 Å². The van der Waals surface area contributed by atoms with Crippen molar-refractivity contribution < 1.29 is 4.39 Å². The van der Waals surface area contributed by atoms with Crippen LogP contribution in [0.2, 0.25) is 0 Å². The minimum atomic E-state index is -0.361. The van der Waals surface area contributed by atoms with Gasteiger partial charge < -0.3 is 5.32 Å². The number of hydrogen-bond donors (Lipinski definition) is 1. The number of nitriles is 1. The number of aromatic nitrogens is 3. The van der Waals surface area contributed by atoms with Gasteiger partial charge in [-0.15, -0.1) is 0 Å². The highest BCUT2D eigenvalue weighted by Crippen LogP contribution is 2.24. The van der Waals surface area contributed by atoms with Crippen molar-refractivity contribution in [2.24, 2.45) is 5.41 Å². The Hall–Kier alpha value is -2.42. The standard InChI is InChI=1S/C15H18FN5/c1-15(2,6-3-7-17)9-19-12-4-5-14(13(16)8-12)21-11-18-10-20-21/h4-5,8,10-11,19H,3,6,9H2,1-2H3. The zero-order valence-corrected chi connectivity index (χ0v) is 12.2. The molecule has 110 valence electrons. The van der Waals surface area contributed by atoms with E-state index in [-0.39, 0.29) is 11.2 Å². The van der Waals surface area contributed by atoms with Crippen molar-refractivity contribution in [2.45, 2.75) is 26.7 Å². The van der Waals surface area contributed by atoms with Crippen LogP contribution in [0.15, 0.2) is 30.9 Å². The third-order valence-corrected chi connectivity index (χ3v) is 3.30. The van der Waals surface area contributed by atoms with Crippen molar-refractivity contribution in [1.82, 2.24) is 14.8 Å². The van der Waals surface area contributed by atoms with Gasteiger partial charge in [0.2, 0.25) is 0 Å². The first-order valence-corrected chi connectivity index (χ1v) is 6.77. The third-order valence-electron chi connectivity index (χ3n) is 3.30. The average molecular weight is 287 g/mol. The molecule has 0 fully saturated rings. The fraction of sp³-hybridized carbons (Fsp3) is 0.400. The predicted molar refractivity (Wildman–Crippen MR) is 78.4 cm³/mol. The number of nitrogens with zero attached hydrogens (tertiary/aromatic N) is 4. The summed E-state index contributed by atoms with van der Waals surface area (Å²) in [5.41, 5.74) is 1.06. The molecule has 2 aromatic rings. The van der Waals surface area contributed by atoms with Crippen LogP contribution in [0.25, 0.3) is 5.69 Å². The maximum absolute atomic E-state index is 14.1. The summed E-state index contributed by atoms with van der Waals surface area (Å²) in [6.45, 7) is 4.84. The maximum Gasteiger partial charge on any atom is 0.150 e. The van der Waals surface area contributed by atoms with E-state index in [9.17, 15) is 4.39 Å². The van der Waals surface area contributed by atoms with Crippen molar-refractivity contribution >= 4 is 5.69 Å². The molecule has 1 aromatic heterocycles. The van der Waals surface area contributed by atoms with Crippen LogP contribution in [0.3, 0.4) is 0 Å². The minimum absolute atomic E-state index is 0.0171. The molecular weight excluding hydrogens is 269 g/mol. The van der Waals surface area contributed by atoms with Crippen LogP contribution in [0.4, 0.5) is 10.1 Å². The molecular formula is C15H18FN5. The number of rotatable bonds is 6. The van der Waals surface area contributed by atoms with E-state index in [1.165, 1.54) is 23.4 Å². The Labute approximate surface area is 123 Å². The van der Waals surface area contributed by atoms with Gasteiger partial charge in [0.1, 0.15) is 18.3 Å². The van der Waals surface area contributed by atoms with Gasteiger partial charge in [0.25, 0.3) is 0 Å². The second kappa shape index (κ2) is 6.35. The van der Waals surface area contributed by atoms with Gasteiger partial charge in [-0.25, -0.2) is 14.1 Å². The summed E-state index contributed by atoms with van der Waals surface area (Å²) >= 11 is 0. The molecule has 21 heavy (non-hydrogen) atoms. The molecule has 0 amide bonds. The van der Waals surface area contributed by atoms with Crippen molar-refractivity contribution in [3.63, 3.8) is 0 Å². The first-order valence-electron chi connectivity index (χ1n) is 6.77. The molecule has 1 N–H and O–H groups in total. The number of hydrogen-bond acceptors (Lipinski definition) is 4. The summed E-state index contributed by atoms with van der Waals surface area (Å²) in [5.74, 6) is -0.361. The summed E-state index contributed by atoms with van der Waals surface area (Å²) in [4.78, 5) is 3.80. The lowest BCUT2D eigenvalue weighted by Crippen LogP contribution is -2.23. The highest BCUT2D eigenvalue weighted by Gasteiger charge is 2.17. The van der Waals surface area contributed by atoms with E-state index < -0.39 is 0 Å². The second-order valence-corrected chi connectivity index (χ2v) is 5.68. The van der Waals surface area contributed by atoms with E-state index in [0.29, 0.717) is 24.3 Å². The molecule has 6 heteroatoms. The van der Waals surface area contributed by atoms with E-state index in [0.717, 1.165) is 6.42 Å². The van der Waals surface area contributed by atoms with E-state index >= 15 is 0 Å². The summed E-state index contributed by atoms with van der Waals surface area (Å²) < 4.78 is 15.4. The fourth-order valence-electron chi connectivity index (χ4n) is 1.96. The largest absolute Gasteiger partial charge is 0.384 e. The van der Waals surface area contributed by atoms with Crippen LogP contribution < -0.4 is 5.32 Å². The Morgan fingerprint density at radius 1 is 1.43 bits per heavy atom. The second-order valence-electron chi connectivity index (χ2n) is 5.68. The monoisotopic (exact) mass is 287 g/mol. The van der Waals surface area contributed by atoms with Gasteiger partial charge in [-0.3, -0.25) is 0 Å². The van der Waals surface area contributed by atoms with Gasteiger partial charge >= 0.3 is 0 Å². The molecule has 0 unspecified atom stereocenters. The van der Waals surface area contributed by atoms with Crippen LogP contribution in [-0.2, 0) is 0 Å². The lowest BCUT2D eigenvalue weighted by molar-refractivity contribution is 0.363. The Morgan fingerprint density at radius 3 is 2.86 bits per heavy atom. The quantitative estimate of drug-likeness (QED) is 0.886. The Bertz CT molecular complexity index is 628. The molecule has 0 atom stereocenters. The fourth-order valence-corrected chi connectivity index (χ4v) is 1.96.